The smallest absolute Gasteiger partial charge is 0.336 e. The highest BCUT2D eigenvalue weighted by molar-refractivity contribution is 5.92. The molecule has 0 amide bonds. The topological polar surface area (TPSA) is 85.4 Å². The van der Waals surface area contributed by atoms with Gasteiger partial charge in [0, 0.05) is 5.57 Å². The van der Waals surface area contributed by atoms with Gasteiger partial charge in [-0.1, -0.05) is 6.58 Å². The van der Waals surface area contributed by atoms with Crippen LogP contribution in [0.5, 0.6) is 0 Å². The lowest BCUT2D eigenvalue weighted by molar-refractivity contribution is -0.204. The Balaban J connectivity index is 1.76. The Kier molecular flexibility index (Phi) is 2.01. The molecule has 6 heteroatoms. The van der Waals surface area contributed by atoms with Gasteiger partial charge in [0.05, 0.1) is 6.42 Å². The number of carbonyl (C=O) groups is 2. The fraction of sp³-hybridized carbons (Fsp3) is 0.500. The van der Waals surface area contributed by atoms with Crippen LogP contribution in [0.15, 0.2) is 12.2 Å². The molecule has 0 aromatic rings. The second kappa shape index (κ2) is 3.07. The van der Waals surface area contributed by atoms with Gasteiger partial charge in [0.1, 0.15) is 0 Å². The molecule has 3 atom stereocenters. The van der Waals surface area contributed by atoms with Crippen molar-refractivity contribution in [1.82, 2.24) is 0 Å². The molecule has 6 nitrogen and oxygen atoms in total. The summed E-state index contributed by atoms with van der Waals surface area (Å²) in [5.41, 5.74) is -0.106. The first kappa shape index (κ1) is 9.17. The lowest BCUT2D eigenvalue weighted by atomic mass is 10.2. The van der Waals surface area contributed by atoms with E-state index in [4.69, 9.17) is 19.3 Å². The summed E-state index contributed by atoms with van der Waals surface area (Å²) in [7, 11) is 0. The van der Waals surface area contributed by atoms with Crippen molar-refractivity contribution in [2.45, 2.75) is 25.1 Å². The van der Waals surface area contributed by atoms with Crippen LogP contribution in [0.25, 0.3) is 0 Å². The number of ether oxygens (including phenoxy) is 3. The maximum absolute atomic E-state index is 11.1. The fourth-order valence-corrected chi connectivity index (χ4v) is 1.07. The Morgan fingerprint density at radius 1 is 1.43 bits per heavy atom. The molecule has 0 bridgehead atoms. The van der Waals surface area contributed by atoms with Crippen LogP contribution in [0.1, 0.15) is 6.42 Å². The first-order chi connectivity index (χ1) is 6.58. The van der Waals surface area contributed by atoms with E-state index >= 15 is 0 Å². The average molecular weight is 200 g/mol. The standard InChI is InChI=1S/C8H8O6/c1-3(2-4(9)10)6(11)13-8-5-7(12-5)14-8/h5,7-8H,1-2H2,(H,9,10). The van der Waals surface area contributed by atoms with E-state index in [1.54, 1.807) is 0 Å². The number of fused-ring (bicyclic) bond motifs is 1. The Bertz CT molecular complexity index is 309. The minimum Gasteiger partial charge on any atom is -0.481 e. The van der Waals surface area contributed by atoms with Gasteiger partial charge in [0.15, 0.2) is 12.4 Å². The van der Waals surface area contributed by atoms with Gasteiger partial charge in [-0.05, 0) is 0 Å². The van der Waals surface area contributed by atoms with E-state index in [1.165, 1.54) is 0 Å². The molecule has 76 valence electrons. The zero-order chi connectivity index (χ0) is 10.3. The van der Waals surface area contributed by atoms with Gasteiger partial charge in [0.25, 0.3) is 0 Å². The minimum absolute atomic E-state index is 0.106. The van der Waals surface area contributed by atoms with Crippen LogP contribution in [0.3, 0.4) is 0 Å². The number of hydrogen-bond donors (Lipinski definition) is 1. The van der Waals surface area contributed by atoms with E-state index in [9.17, 15) is 9.59 Å². The van der Waals surface area contributed by atoms with Crippen LogP contribution < -0.4 is 0 Å². The summed E-state index contributed by atoms with van der Waals surface area (Å²) in [5, 5.41) is 8.37. The summed E-state index contributed by atoms with van der Waals surface area (Å²) in [6.45, 7) is 3.29. The van der Waals surface area contributed by atoms with Crippen LogP contribution in [0.4, 0.5) is 0 Å². The predicted octanol–water partition coefficient (Wildman–Crippen LogP) is -0.358. The van der Waals surface area contributed by atoms with Gasteiger partial charge in [-0.3, -0.25) is 4.79 Å². The van der Waals surface area contributed by atoms with Crippen LogP contribution in [-0.4, -0.2) is 35.7 Å². The normalized spacial score (nSPS) is 32.4. The van der Waals surface area contributed by atoms with E-state index in [2.05, 4.69) is 6.58 Å². The van der Waals surface area contributed by atoms with Crippen molar-refractivity contribution in [3.05, 3.63) is 12.2 Å². The molecule has 0 saturated carbocycles. The molecule has 2 fully saturated rings. The Labute approximate surface area is 79.1 Å². The lowest BCUT2D eigenvalue weighted by Crippen LogP contribution is -2.37. The molecule has 0 aliphatic carbocycles. The third-order valence-corrected chi connectivity index (χ3v) is 1.90. The van der Waals surface area contributed by atoms with Crippen molar-refractivity contribution < 1.29 is 28.9 Å². The van der Waals surface area contributed by atoms with E-state index in [1.807, 2.05) is 0 Å². The predicted molar refractivity (Wildman–Crippen MR) is 41.0 cm³/mol. The second-order valence-corrected chi connectivity index (χ2v) is 3.05. The maximum atomic E-state index is 11.1. The van der Waals surface area contributed by atoms with E-state index in [0.29, 0.717) is 0 Å². The number of carbonyl (C=O) groups excluding carboxylic acids is 1. The fourth-order valence-electron chi connectivity index (χ4n) is 1.07. The van der Waals surface area contributed by atoms with E-state index < -0.39 is 24.6 Å². The molecule has 2 saturated heterocycles. The van der Waals surface area contributed by atoms with Crippen LogP contribution in [-0.2, 0) is 23.8 Å². The molecule has 0 aromatic heterocycles. The monoisotopic (exact) mass is 200 g/mol. The summed E-state index contributed by atoms with van der Waals surface area (Å²) in [6.07, 6.45) is -1.53. The summed E-state index contributed by atoms with van der Waals surface area (Å²) in [4.78, 5) is 21.4. The van der Waals surface area contributed by atoms with Crippen LogP contribution in [0, 0.1) is 0 Å². The number of esters is 1. The molecule has 0 spiro atoms. The number of epoxide rings is 1. The highest BCUT2D eigenvalue weighted by atomic mass is 16.9. The Morgan fingerprint density at radius 2 is 2.14 bits per heavy atom. The third-order valence-electron chi connectivity index (χ3n) is 1.90. The molecule has 14 heavy (non-hydrogen) atoms. The van der Waals surface area contributed by atoms with Gasteiger partial charge in [0.2, 0.25) is 6.29 Å². The number of rotatable bonds is 4. The van der Waals surface area contributed by atoms with Gasteiger partial charge in [-0.15, -0.1) is 0 Å². The second-order valence-electron chi connectivity index (χ2n) is 3.05. The molecular weight excluding hydrogens is 192 g/mol. The SMILES string of the molecule is C=C(CC(=O)O)C(=O)OC1OC2OC12. The molecule has 2 aliphatic heterocycles. The van der Waals surface area contributed by atoms with Gasteiger partial charge < -0.3 is 19.3 Å². The first-order valence-corrected chi connectivity index (χ1v) is 3.99. The summed E-state index contributed by atoms with van der Waals surface area (Å²) in [5.74, 6) is -1.88. The minimum atomic E-state index is -1.12. The molecular formula is C8H8O6. The van der Waals surface area contributed by atoms with Gasteiger partial charge in [-0.25, -0.2) is 4.79 Å². The van der Waals surface area contributed by atoms with Gasteiger partial charge in [-0.2, -0.15) is 0 Å². The Morgan fingerprint density at radius 3 is 2.57 bits per heavy atom. The van der Waals surface area contributed by atoms with Crippen molar-refractivity contribution in [3.63, 3.8) is 0 Å². The molecule has 2 heterocycles. The van der Waals surface area contributed by atoms with Crippen molar-refractivity contribution in [2.75, 3.05) is 0 Å². The number of hydrogen-bond acceptors (Lipinski definition) is 5. The Hall–Kier alpha value is -1.40. The quantitative estimate of drug-likeness (QED) is 0.379. The summed E-state index contributed by atoms with van der Waals surface area (Å²) >= 11 is 0. The molecule has 3 unspecified atom stereocenters. The first-order valence-electron chi connectivity index (χ1n) is 3.99. The number of aliphatic carboxylic acids is 1. The van der Waals surface area contributed by atoms with Crippen molar-refractivity contribution in [1.29, 1.82) is 0 Å². The summed E-state index contributed by atoms with van der Waals surface area (Å²) in [6, 6.07) is 0. The maximum Gasteiger partial charge on any atom is 0.336 e. The van der Waals surface area contributed by atoms with Crippen molar-refractivity contribution in [3.8, 4) is 0 Å². The highest BCUT2D eigenvalue weighted by Crippen LogP contribution is 2.40. The molecule has 2 rings (SSSR count). The zero-order valence-corrected chi connectivity index (χ0v) is 7.13. The zero-order valence-electron chi connectivity index (χ0n) is 7.13. The molecule has 0 aromatic carbocycles. The number of carboxylic acid groups (broad SMARTS) is 1. The highest BCUT2D eigenvalue weighted by Gasteiger charge is 2.61. The van der Waals surface area contributed by atoms with Crippen LogP contribution >= 0.6 is 0 Å². The molecule has 1 N–H and O–H groups in total. The van der Waals surface area contributed by atoms with E-state index in [0.717, 1.165) is 0 Å². The van der Waals surface area contributed by atoms with Gasteiger partial charge >= 0.3 is 11.9 Å². The van der Waals surface area contributed by atoms with E-state index in [-0.39, 0.29) is 18.0 Å². The van der Waals surface area contributed by atoms with Crippen molar-refractivity contribution >= 4 is 11.9 Å². The summed E-state index contributed by atoms with van der Waals surface area (Å²) < 4.78 is 14.5. The largest absolute Gasteiger partial charge is 0.481 e. The van der Waals surface area contributed by atoms with Crippen LogP contribution in [0.2, 0.25) is 0 Å². The van der Waals surface area contributed by atoms with Crippen molar-refractivity contribution in [2.24, 2.45) is 0 Å². The third kappa shape index (κ3) is 1.61. The molecule has 0 radical (unpaired) electrons. The number of carboxylic acids is 1. The average Bonchev–Trinajstić information content (AvgIpc) is 2.71. The molecule has 2 aliphatic rings. The lowest BCUT2D eigenvalue weighted by Gasteiger charge is -2.20.